The van der Waals surface area contributed by atoms with Crippen LogP contribution >= 0.6 is 0 Å². The van der Waals surface area contributed by atoms with E-state index in [1.807, 2.05) is 0 Å². The predicted molar refractivity (Wildman–Crippen MR) is 108 cm³/mol. The second-order valence-electron chi connectivity index (χ2n) is 8.92. The molecular formula is C23H30F6O2. The van der Waals surface area contributed by atoms with E-state index < -0.39 is 29.3 Å². The molecule has 1 atom stereocenters. The highest BCUT2D eigenvalue weighted by Gasteiger charge is 2.67. The zero-order chi connectivity index (χ0) is 24.1. The van der Waals surface area contributed by atoms with Crippen molar-refractivity contribution in [2.75, 3.05) is 0 Å². The van der Waals surface area contributed by atoms with Crippen molar-refractivity contribution in [3.63, 3.8) is 0 Å². The lowest BCUT2D eigenvalue weighted by molar-refractivity contribution is -0.310. The summed E-state index contributed by atoms with van der Waals surface area (Å²) in [6, 6.07) is 0. The van der Waals surface area contributed by atoms with Gasteiger partial charge in [0, 0.05) is 12.8 Å². The summed E-state index contributed by atoms with van der Waals surface area (Å²) in [5.41, 5.74) is -3.21. The summed E-state index contributed by atoms with van der Waals surface area (Å²) in [7, 11) is 0. The monoisotopic (exact) mass is 452 g/mol. The molecule has 0 unspecified atom stereocenters. The van der Waals surface area contributed by atoms with Crippen LogP contribution in [0.25, 0.3) is 0 Å². The number of allylic oxidation sites excluding steroid dienone is 3. The van der Waals surface area contributed by atoms with E-state index in [0.29, 0.717) is 44.1 Å². The van der Waals surface area contributed by atoms with E-state index in [4.69, 9.17) is 0 Å². The molecule has 0 aromatic carbocycles. The van der Waals surface area contributed by atoms with Crippen LogP contribution in [-0.4, -0.2) is 28.7 Å². The summed E-state index contributed by atoms with van der Waals surface area (Å²) >= 11 is 0. The SMILES string of the molecule is C=C1CC[C@H](O)C/C1=C(O)\C=C\CCCC(C)(C)CC#CC(C)(C(F)(F)F)C(F)(F)F. The lowest BCUT2D eigenvalue weighted by Crippen LogP contribution is -2.46. The third kappa shape index (κ3) is 7.64. The Bertz CT molecular complexity index is 746. The van der Waals surface area contributed by atoms with Crippen molar-refractivity contribution in [1.82, 2.24) is 0 Å². The van der Waals surface area contributed by atoms with Gasteiger partial charge in [0.05, 0.1) is 6.10 Å². The zero-order valence-electron chi connectivity index (χ0n) is 18.1. The minimum atomic E-state index is -5.51. The average Bonchev–Trinajstić information content (AvgIpc) is 2.61. The van der Waals surface area contributed by atoms with Gasteiger partial charge in [-0.3, -0.25) is 0 Å². The second-order valence-corrected chi connectivity index (χ2v) is 8.92. The minimum Gasteiger partial charge on any atom is -0.508 e. The third-order valence-electron chi connectivity index (χ3n) is 5.49. The molecule has 1 saturated carbocycles. The van der Waals surface area contributed by atoms with E-state index in [0.717, 1.165) is 5.57 Å². The fraction of sp³-hybridized carbons (Fsp3) is 0.652. The van der Waals surface area contributed by atoms with Gasteiger partial charge < -0.3 is 10.2 Å². The highest BCUT2D eigenvalue weighted by Crippen LogP contribution is 2.49. The standard InChI is InChI=1S/C23H30F6O2/c1-16-10-11-17(30)15-18(16)19(31)9-6-5-7-12-20(2,3)13-8-14-21(4,22(24,25)26)23(27,28)29/h6,9,17,30-31H,1,5,7,10-13,15H2,2-4H3/b9-6+,19-18-/t17-/m0/s1. The molecule has 2 N–H and O–H groups in total. The Morgan fingerprint density at radius 3 is 2.26 bits per heavy atom. The fourth-order valence-electron chi connectivity index (χ4n) is 3.10. The van der Waals surface area contributed by atoms with Crippen LogP contribution in [0.3, 0.4) is 0 Å². The lowest BCUT2D eigenvalue weighted by Gasteiger charge is -2.29. The number of alkyl halides is 6. The minimum absolute atomic E-state index is 0.0486. The maximum absolute atomic E-state index is 12.9. The number of hydrogen-bond donors (Lipinski definition) is 2. The number of rotatable bonds is 6. The Balaban J connectivity index is 2.64. The van der Waals surface area contributed by atoms with E-state index in [-0.39, 0.29) is 19.1 Å². The van der Waals surface area contributed by atoms with Crippen LogP contribution in [0.5, 0.6) is 0 Å². The number of aliphatic hydroxyl groups is 2. The van der Waals surface area contributed by atoms with Crippen LogP contribution in [0.1, 0.15) is 65.7 Å². The molecule has 0 aromatic rings. The molecule has 31 heavy (non-hydrogen) atoms. The van der Waals surface area contributed by atoms with Gasteiger partial charge in [-0.1, -0.05) is 32.4 Å². The molecule has 8 heteroatoms. The van der Waals surface area contributed by atoms with Crippen LogP contribution in [0.2, 0.25) is 0 Å². The Hall–Kier alpha value is -1.88. The van der Waals surface area contributed by atoms with Crippen LogP contribution in [0.4, 0.5) is 26.3 Å². The first-order valence-electron chi connectivity index (χ1n) is 10.1. The summed E-state index contributed by atoms with van der Waals surface area (Å²) < 4.78 is 77.3. The Kier molecular flexibility index (Phi) is 8.90. The van der Waals surface area contributed by atoms with Crippen LogP contribution < -0.4 is 0 Å². The summed E-state index contributed by atoms with van der Waals surface area (Å²) in [5.74, 6) is 3.56. The van der Waals surface area contributed by atoms with E-state index in [9.17, 15) is 36.6 Å². The van der Waals surface area contributed by atoms with Gasteiger partial charge >= 0.3 is 12.4 Å². The van der Waals surface area contributed by atoms with E-state index in [2.05, 4.69) is 12.5 Å². The van der Waals surface area contributed by atoms with Crippen LogP contribution in [0, 0.1) is 22.7 Å². The molecular weight excluding hydrogens is 422 g/mol. The van der Waals surface area contributed by atoms with Crippen molar-refractivity contribution in [3.8, 4) is 11.8 Å². The number of aliphatic hydroxyl groups excluding tert-OH is 2. The maximum atomic E-state index is 12.9. The molecule has 1 rings (SSSR count). The Labute approximate surface area is 179 Å². The maximum Gasteiger partial charge on any atom is 0.413 e. The number of halogens is 6. The van der Waals surface area contributed by atoms with Gasteiger partial charge in [-0.25, -0.2) is 0 Å². The molecule has 0 bridgehead atoms. The van der Waals surface area contributed by atoms with Crippen molar-refractivity contribution in [2.45, 2.75) is 84.2 Å². The molecule has 0 aromatic heterocycles. The Morgan fingerprint density at radius 1 is 1.13 bits per heavy atom. The van der Waals surface area contributed by atoms with E-state index >= 15 is 0 Å². The lowest BCUT2D eigenvalue weighted by atomic mass is 9.83. The van der Waals surface area contributed by atoms with Gasteiger partial charge in [0.15, 0.2) is 0 Å². The van der Waals surface area contributed by atoms with Gasteiger partial charge in [0.1, 0.15) is 5.76 Å². The largest absolute Gasteiger partial charge is 0.508 e. The first-order chi connectivity index (χ1) is 14.0. The second kappa shape index (κ2) is 10.2. The smallest absolute Gasteiger partial charge is 0.413 e. The van der Waals surface area contributed by atoms with Gasteiger partial charge in [-0.05, 0) is 61.7 Å². The molecule has 0 saturated heterocycles. The molecule has 0 aliphatic heterocycles. The molecule has 1 aliphatic rings. The molecule has 176 valence electrons. The summed E-state index contributed by atoms with van der Waals surface area (Å²) in [4.78, 5) is 0. The van der Waals surface area contributed by atoms with Crippen molar-refractivity contribution in [1.29, 1.82) is 0 Å². The molecule has 0 heterocycles. The fourth-order valence-corrected chi connectivity index (χ4v) is 3.10. The van der Waals surface area contributed by atoms with Gasteiger partial charge in [0.25, 0.3) is 0 Å². The third-order valence-corrected chi connectivity index (χ3v) is 5.49. The summed E-state index contributed by atoms with van der Waals surface area (Å²) in [6.45, 7) is 7.41. The summed E-state index contributed by atoms with van der Waals surface area (Å²) in [5, 5.41) is 19.9. The van der Waals surface area contributed by atoms with Crippen LogP contribution in [0.15, 0.2) is 35.6 Å². The van der Waals surface area contributed by atoms with Gasteiger partial charge in [0.2, 0.25) is 5.41 Å². The van der Waals surface area contributed by atoms with Gasteiger partial charge in [-0.2, -0.15) is 26.3 Å². The number of unbranched alkanes of at least 4 members (excludes halogenated alkanes) is 1. The first kappa shape index (κ1) is 27.2. The molecule has 0 amide bonds. The summed E-state index contributed by atoms with van der Waals surface area (Å²) in [6.07, 6.45) is -5.08. The number of hydrogen-bond acceptors (Lipinski definition) is 2. The Morgan fingerprint density at radius 2 is 1.71 bits per heavy atom. The topological polar surface area (TPSA) is 40.5 Å². The molecule has 0 spiro atoms. The first-order valence-corrected chi connectivity index (χ1v) is 10.1. The van der Waals surface area contributed by atoms with Crippen LogP contribution in [-0.2, 0) is 0 Å². The highest BCUT2D eigenvalue weighted by molar-refractivity contribution is 5.37. The van der Waals surface area contributed by atoms with Crippen molar-refractivity contribution >= 4 is 0 Å². The molecule has 2 nitrogen and oxygen atoms in total. The highest BCUT2D eigenvalue weighted by atomic mass is 19.4. The van der Waals surface area contributed by atoms with E-state index in [1.54, 1.807) is 19.9 Å². The van der Waals surface area contributed by atoms with Crippen molar-refractivity contribution < 1.29 is 36.6 Å². The van der Waals surface area contributed by atoms with Crippen molar-refractivity contribution in [2.24, 2.45) is 10.8 Å². The quantitative estimate of drug-likeness (QED) is 0.194. The van der Waals surface area contributed by atoms with Gasteiger partial charge in [-0.15, -0.1) is 5.92 Å². The predicted octanol–water partition coefficient (Wildman–Crippen LogP) is 7.18. The zero-order valence-corrected chi connectivity index (χ0v) is 18.1. The molecule has 0 radical (unpaired) electrons. The normalized spacial score (nSPS) is 20.6. The average molecular weight is 452 g/mol. The molecule has 1 fully saturated rings. The molecule has 1 aliphatic carbocycles. The van der Waals surface area contributed by atoms with Crippen molar-refractivity contribution in [3.05, 3.63) is 35.6 Å². The van der Waals surface area contributed by atoms with E-state index in [1.165, 1.54) is 12.0 Å².